The van der Waals surface area contributed by atoms with Gasteiger partial charge in [0, 0.05) is 36.6 Å². The molecule has 2 aromatic carbocycles. The number of anilines is 2. The molecule has 126 valence electrons. The van der Waals surface area contributed by atoms with Gasteiger partial charge in [-0.05, 0) is 48.9 Å². The maximum absolute atomic E-state index is 12.3. The Bertz CT molecular complexity index is 734. The summed E-state index contributed by atoms with van der Waals surface area (Å²) in [4.78, 5) is 14.6. The Hall–Kier alpha value is -1.75. The van der Waals surface area contributed by atoms with Gasteiger partial charge in [0.25, 0.3) is 5.91 Å². The number of rotatable bonds is 4. The van der Waals surface area contributed by atoms with Crippen molar-refractivity contribution in [2.45, 2.75) is 12.5 Å². The van der Waals surface area contributed by atoms with Crippen molar-refractivity contribution in [1.82, 2.24) is 0 Å². The highest BCUT2D eigenvalue weighted by Gasteiger charge is 2.22. The molecular weight excluding hydrogens is 347 g/mol. The van der Waals surface area contributed by atoms with Gasteiger partial charge in [-0.15, -0.1) is 0 Å². The van der Waals surface area contributed by atoms with E-state index in [0.29, 0.717) is 15.6 Å². The van der Waals surface area contributed by atoms with E-state index in [0.717, 1.165) is 30.9 Å². The predicted molar refractivity (Wildman–Crippen MR) is 98.5 cm³/mol. The molecule has 4 nitrogen and oxygen atoms in total. The molecule has 0 radical (unpaired) electrons. The summed E-state index contributed by atoms with van der Waals surface area (Å²) < 4.78 is 5.39. The molecule has 1 N–H and O–H groups in total. The average Bonchev–Trinajstić information content (AvgIpc) is 3.04. The Balaban J connectivity index is 1.67. The van der Waals surface area contributed by atoms with E-state index < -0.39 is 0 Å². The van der Waals surface area contributed by atoms with Crippen LogP contribution in [0.5, 0.6) is 0 Å². The van der Waals surface area contributed by atoms with Gasteiger partial charge >= 0.3 is 0 Å². The van der Waals surface area contributed by atoms with Crippen LogP contribution in [0, 0.1) is 0 Å². The van der Waals surface area contributed by atoms with E-state index in [2.05, 4.69) is 10.2 Å². The highest BCUT2D eigenvalue weighted by atomic mass is 35.5. The number of amides is 1. The van der Waals surface area contributed by atoms with Crippen LogP contribution in [0.2, 0.25) is 10.0 Å². The Morgan fingerprint density at radius 2 is 1.96 bits per heavy atom. The van der Waals surface area contributed by atoms with Crippen molar-refractivity contribution >= 4 is 40.5 Å². The number of hydrogen-bond donors (Lipinski definition) is 1. The lowest BCUT2D eigenvalue weighted by Gasteiger charge is -2.18. The first-order valence-electron chi connectivity index (χ1n) is 7.71. The highest BCUT2D eigenvalue weighted by molar-refractivity contribution is 6.37. The van der Waals surface area contributed by atoms with Gasteiger partial charge in [0.2, 0.25) is 0 Å². The van der Waals surface area contributed by atoms with E-state index in [9.17, 15) is 4.79 Å². The second-order valence-electron chi connectivity index (χ2n) is 5.72. The van der Waals surface area contributed by atoms with Crippen LogP contribution in [-0.2, 0) is 4.74 Å². The molecule has 1 atom stereocenters. The van der Waals surface area contributed by atoms with E-state index in [4.69, 9.17) is 27.9 Å². The van der Waals surface area contributed by atoms with Crippen LogP contribution in [0.25, 0.3) is 0 Å². The van der Waals surface area contributed by atoms with E-state index in [-0.39, 0.29) is 12.0 Å². The van der Waals surface area contributed by atoms with Crippen molar-refractivity contribution in [3.63, 3.8) is 0 Å². The van der Waals surface area contributed by atoms with Gasteiger partial charge in [-0.3, -0.25) is 4.79 Å². The Morgan fingerprint density at radius 1 is 1.21 bits per heavy atom. The molecule has 0 saturated carbocycles. The number of halogens is 2. The first-order valence-corrected chi connectivity index (χ1v) is 8.46. The van der Waals surface area contributed by atoms with Gasteiger partial charge in [-0.25, -0.2) is 0 Å². The van der Waals surface area contributed by atoms with Crippen molar-refractivity contribution in [2.75, 3.05) is 30.4 Å². The van der Waals surface area contributed by atoms with Gasteiger partial charge in [-0.2, -0.15) is 0 Å². The third kappa shape index (κ3) is 3.83. The third-order valence-electron chi connectivity index (χ3n) is 4.14. The van der Waals surface area contributed by atoms with E-state index in [1.165, 1.54) is 0 Å². The number of nitrogens with zero attached hydrogens (tertiary/aromatic N) is 1. The molecule has 1 aliphatic rings. The van der Waals surface area contributed by atoms with Crippen LogP contribution in [0.3, 0.4) is 0 Å². The first kappa shape index (κ1) is 17.1. The summed E-state index contributed by atoms with van der Waals surface area (Å²) in [5.74, 6) is -0.259. The quantitative estimate of drug-likeness (QED) is 0.869. The Kier molecular flexibility index (Phi) is 5.29. The van der Waals surface area contributed by atoms with Crippen molar-refractivity contribution < 1.29 is 9.53 Å². The van der Waals surface area contributed by atoms with Crippen molar-refractivity contribution in [3.05, 3.63) is 58.1 Å². The normalized spacial score (nSPS) is 17.1. The maximum atomic E-state index is 12.3. The minimum Gasteiger partial charge on any atom is -0.380 e. The van der Waals surface area contributed by atoms with Gasteiger partial charge < -0.3 is 15.0 Å². The Morgan fingerprint density at radius 3 is 2.58 bits per heavy atom. The molecule has 1 aliphatic heterocycles. The van der Waals surface area contributed by atoms with Crippen LogP contribution in [-0.4, -0.2) is 32.2 Å². The SMILES string of the molecule is COC1CCN(c2ccc(NC(=O)c3ccc(Cl)cc3Cl)cc2)C1. The van der Waals surface area contributed by atoms with Crippen molar-refractivity contribution in [2.24, 2.45) is 0 Å². The summed E-state index contributed by atoms with van der Waals surface area (Å²) >= 11 is 11.9. The molecule has 0 aliphatic carbocycles. The second-order valence-corrected chi connectivity index (χ2v) is 6.56. The van der Waals surface area contributed by atoms with Gasteiger partial charge in [0.15, 0.2) is 0 Å². The minimum absolute atomic E-state index is 0.259. The fourth-order valence-electron chi connectivity index (χ4n) is 2.78. The molecule has 3 rings (SSSR count). The third-order valence-corrected chi connectivity index (χ3v) is 4.69. The molecule has 1 saturated heterocycles. The van der Waals surface area contributed by atoms with Gasteiger partial charge in [0.1, 0.15) is 0 Å². The molecule has 0 spiro atoms. The zero-order valence-corrected chi connectivity index (χ0v) is 14.8. The molecule has 1 fully saturated rings. The first-order chi connectivity index (χ1) is 11.6. The lowest BCUT2D eigenvalue weighted by Crippen LogP contribution is -2.22. The van der Waals surface area contributed by atoms with Crippen LogP contribution < -0.4 is 10.2 Å². The molecule has 2 aromatic rings. The number of methoxy groups -OCH3 is 1. The average molecular weight is 365 g/mol. The van der Waals surface area contributed by atoms with E-state index >= 15 is 0 Å². The summed E-state index contributed by atoms with van der Waals surface area (Å²) in [7, 11) is 1.74. The predicted octanol–water partition coefficient (Wildman–Crippen LogP) is 4.47. The maximum Gasteiger partial charge on any atom is 0.257 e. The minimum atomic E-state index is -0.259. The molecule has 24 heavy (non-hydrogen) atoms. The standard InChI is InChI=1S/C18H18Cl2N2O2/c1-24-15-8-9-22(11-15)14-5-3-13(4-6-14)21-18(23)16-7-2-12(19)10-17(16)20/h2-7,10,15H,8-9,11H2,1H3,(H,21,23). The van der Waals surface area contributed by atoms with Crippen LogP contribution >= 0.6 is 23.2 Å². The summed E-state index contributed by atoms with van der Waals surface area (Å²) in [5.41, 5.74) is 2.24. The largest absolute Gasteiger partial charge is 0.380 e. The number of nitrogens with one attached hydrogen (secondary N) is 1. The zero-order valence-electron chi connectivity index (χ0n) is 13.3. The summed E-state index contributed by atoms with van der Waals surface area (Å²) in [6, 6.07) is 12.6. The topological polar surface area (TPSA) is 41.6 Å². The number of carbonyl (C=O) groups excluding carboxylic acids is 1. The summed E-state index contributed by atoms with van der Waals surface area (Å²) in [6.45, 7) is 1.87. The molecule has 0 aromatic heterocycles. The Labute approximate surface area is 151 Å². The molecule has 0 bridgehead atoms. The lowest BCUT2D eigenvalue weighted by molar-refractivity contribution is 0.102. The molecule has 1 heterocycles. The summed E-state index contributed by atoms with van der Waals surface area (Å²) in [5, 5.41) is 3.68. The van der Waals surface area contributed by atoms with Crippen molar-refractivity contribution in [1.29, 1.82) is 0 Å². The molecular formula is C18H18Cl2N2O2. The second kappa shape index (κ2) is 7.43. The monoisotopic (exact) mass is 364 g/mol. The van der Waals surface area contributed by atoms with Crippen LogP contribution in [0.15, 0.2) is 42.5 Å². The molecule has 1 amide bonds. The number of ether oxygens (including phenoxy) is 1. The molecule has 6 heteroatoms. The van der Waals surface area contributed by atoms with Crippen LogP contribution in [0.1, 0.15) is 16.8 Å². The van der Waals surface area contributed by atoms with Gasteiger partial charge in [0.05, 0.1) is 16.7 Å². The number of benzene rings is 2. The lowest BCUT2D eigenvalue weighted by atomic mass is 10.2. The smallest absolute Gasteiger partial charge is 0.257 e. The molecule has 1 unspecified atom stereocenters. The summed E-state index contributed by atoms with van der Waals surface area (Å²) in [6.07, 6.45) is 1.32. The van der Waals surface area contributed by atoms with E-state index in [1.807, 2.05) is 24.3 Å². The zero-order chi connectivity index (χ0) is 17.1. The fraction of sp³-hybridized carbons (Fsp3) is 0.278. The van der Waals surface area contributed by atoms with Crippen LogP contribution in [0.4, 0.5) is 11.4 Å². The number of carbonyl (C=O) groups is 1. The fourth-order valence-corrected chi connectivity index (χ4v) is 3.28. The van der Waals surface area contributed by atoms with E-state index in [1.54, 1.807) is 25.3 Å². The highest BCUT2D eigenvalue weighted by Crippen LogP contribution is 2.25. The van der Waals surface area contributed by atoms with Crippen molar-refractivity contribution in [3.8, 4) is 0 Å². The van der Waals surface area contributed by atoms with Gasteiger partial charge in [-0.1, -0.05) is 23.2 Å². The number of hydrogen-bond acceptors (Lipinski definition) is 3.